The van der Waals surface area contributed by atoms with Gasteiger partial charge in [0.25, 0.3) is 0 Å². The Hall–Kier alpha value is -0.590. The molecule has 0 heterocycles. The minimum absolute atomic E-state index is 0.392. The third-order valence-corrected chi connectivity index (χ3v) is 3.79. The van der Waals surface area contributed by atoms with Gasteiger partial charge in [-0.3, -0.25) is 0 Å². The van der Waals surface area contributed by atoms with E-state index < -0.39 is 5.54 Å². The lowest BCUT2D eigenvalue weighted by atomic mass is 9.87. The molecule has 0 saturated heterocycles. The molecule has 1 rings (SSSR count). The van der Waals surface area contributed by atoms with Crippen molar-refractivity contribution >= 4 is 0 Å². The van der Waals surface area contributed by atoms with E-state index in [1.165, 1.54) is 0 Å². The van der Waals surface area contributed by atoms with Crippen LogP contribution in [0, 0.1) is 17.2 Å². The zero-order valence-corrected chi connectivity index (χ0v) is 10.2. The Morgan fingerprint density at radius 2 is 2.27 bits per heavy atom. The smallest absolute Gasteiger partial charge is 0.107 e. The van der Waals surface area contributed by atoms with Gasteiger partial charge >= 0.3 is 0 Å². The lowest BCUT2D eigenvalue weighted by Gasteiger charge is -2.27. The Balaban J connectivity index is 2.42. The fraction of sp³-hybridized carbons (Fsp3) is 0.917. The summed E-state index contributed by atoms with van der Waals surface area (Å²) in [5, 5.41) is 9.08. The van der Waals surface area contributed by atoms with Crippen LogP contribution in [0.15, 0.2) is 0 Å². The summed E-state index contributed by atoms with van der Waals surface area (Å²) in [6, 6.07) is 2.87. The SMILES string of the molecule is CC(C)N(C)CCC1CCCC1(N)C#N. The Bertz CT molecular complexity index is 244. The Morgan fingerprint density at radius 1 is 1.60 bits per heavy atom. The number of hydrogen-bond donors (Lipinski definition) is 1. The third-order valence-electron chi connectivity index (χ3n) is 3.79. The molecule has 0 aromatic carbocycles. The monoisotopic (exact) mass is 209 g/mol. The summed E-state index contributed by atoms with van der Waals surface area (Å²) in [6.07, 6.45) is 4.16. The van der Waals surface area contributed by atoms with Crippen molar-refractivity contribution in [3.63, 3.8) is 0 Å². The Kier molecular flexibility index (Phi) is 4.12. The van der Waals surface area contributed by atoms with Gasteiger partial charge in [-0.25, -0.2) is 0 Å². The highest BCUT2D eigenvalue weighted by Gasteiger charge is 2.39. The van der Waals surface area contributed by atoms with Gasteiger partial charge in [0.15, 0.2) is 0 Å². The number of rotatable bonds is 4. The summed E-state index contributed by atoms with van der Waals surface area (Å²) in [6.45, 7) is 5.42. The van der Waals surface area contributed by atoms with Crippen LogP contribution in [-0.2, 0) is 0 Å². The third kappa shape index (κ3) is 2.93. The molecular formula is C12H23N3. The molecule has 2 atom stereocenters. The van der Waals surface area contributed by atoms with Crippen molar-refractivity contribution in [3.05, 3.63) is 0 Å². The summed E-state index contributed by atoms with van der Waals surface area (Å²) in [5.41, 5.74) is 5.54. The van der Waals surface area contributed by atoms with Crippen molar-refractivity contribution in [3.8, 4) is 6.07 Å². The average Bonchev–Trinajstić information content (AvgIpc) is 2.57. The largest absolute Gasteiger partial charge is 0.313 e. The maximum absolute atomic E-state index is 9.08. The summed E-state index contributed by atoms with van der Waals surface area (Å²) in [4.78, 5) is 2.32. The van der Waals surface area contributed by atoms with Gasteiger partial charge in [0, 0.05) is 6.04 Å². The van der Waals surface area contributed by atoms with E-state index in [9.17, 15) is 0 Å². The van der Waals surface area contributed by atoms with Crippen LogP contribution in [0.2, 0.25) is 0 Å². The van der Waals surface area contributed by atoms with Gasteiger partial charge in [-0.2, -0.15) is 5.26 Å². The molecule has 2 unspecified atom stereocenters. The van der Waals surface area contributed by atoms with E-state index >= 15 is 0 Å². The zero-order chi connectivity index (χ0) is 11.5. The first-order valence-corrected chi connectivity index (χ1v) is 5.90. The molecule has 0 radical (unpaired) electrons. The highest BCUT2D eigenvalue weighted by molar-refractivity contribution is 5.11. The van der Waals surface area contributed by atoms with Gasteiger partial charge in [-0.1, -0.05) is 6.42 Å². The van der Waals surface area contributed by atoms with Crippen molar-refractivity contribution in [2.45, 2.75) is 51.1 Å². The predicted molar refractivity (Wildman–Crippen MR) is 62.3 cm³/mol. The molecule has 0 aromatic heterocycles. The van der Waals surface area contributed by atoms with Crippen LogP contribution in [-0.4, -0.2) is 30.1 Å². The fourth-order valence-electron chi connectivity index (χ4n) is 2.27. The van der Waals surface area contributed by atoms with Crippen LogP contribution < -0.4 is 5.73 Å². The Labute approximate surface area is 93.2 Å². The van der Waals surface area contributed by atoms with Crippen LogP contribution in [0.1, 0.15) is 39.5 Å². The number of hydrogen-bond acceptors (Lipinski definition) is 3. The minimum atomic E-state index is -0.544. The van der Waals surface area contributed by atoms with Crippen molar-refractivity contribution in [1.82, 2.24) is 4.90 Å². The standard InChI is InChI=1S/C12H23N3/c1-10(2)15(3)8-6-11-5-4-7-12(11,14)9-13/h10-11H,4-8,14H2,1-3H3. The van der Waals surface area contributed by atoms with E-state index in [1.54, 1.807) is 0 Å². The molecule has 15 heavy (non-hydrogen) atoms. The molecule has 1 aliphatic carbocycles. The molecule has 2 N–H and O–H groups in total. The quantitative estimate of drug-likeness (QED) is 0.767. The first-order chi connectivity index (χ1) is 6.99. The molecule has 3 nitrogen and oxygen atoms in total. The maximum Gasteiger partial charge on any atom is 0.107 e. The normalized spacial score (nSPS) is 31.1. The topological polar surface area (TPSA) is 53.0 Å². The summed E-state index contributed by atoms with van der Waals surface area (Å²) < 4.78 is 0. The molecule has 86 valence electrons. The van der Waals surface area contributed by atoms with Crippen LogP contribution in [0.5, 0.6) is 0 Å². The second kappa shape index (κ2) is 4.96. The van der Waals surface area contributed by atoms with Crippen molar-refractivity contribution in [2.24, 2.45) is 11.7 Å². The average molecular weight is 209 g/mol. The molecule has 0 spiro atoms. The van der Waals surface area contributed by atoms with Gasteiger partial charge in [0.05, 0.1) is 6.07 Å². The number of nitrogens with zero attached hydrogens (tertiary/aromatic N) is 2. The summed E-state index contributed by atoms with van der Waals surface area (Å²) in [7, 11) is 2.13. The van der Waals surface area contributed by atoms with E-state index in [2.05, 4.69) is 31.9 Å². The summed E-state index contributed by atoms with van der Waals surface area (Å²) in [5.74, 6) is 0.392. The molecule has 0 bridgehead atoms. The van der Waals surface area contributed by atoms with Crippen LogP contribution in [0.4, 0.5) is 0 Å². The zero-order valence-electron chi connectivity index (χ0n) is 10.2. The van der Waals surface area contributed by atoms with Crippen molar-refractivity contribution < 1.29 is 0 Å². The first-order valence-electron chi connectivity index (χ1n) is 5.90. The maximum atomic E-state index is 9.08. The molecule has 1 aliphatic rings. The lowest BCUT2D eigenvalue weighted by molar-refractivity contribution is 0.236. The Morgan fingerprint density at radius 3 is 2.80 bits per heavy atom. The van der Waals surface area contributed by atoms with E-state index in [0.717, 1.165) is 32.2 Å². The van der Waals surface area contributed by atoms with Gasteiger partial charge in [-0.05, 0) is 52.6 Å². The molecule has 0 amide bonds. The highest BCUT2D eigenvalue weighted by Crippen LogP contribution is 2.35. The molecule has 0 aromatic rings. The fourth-order valence-corrected chi connectivity index (χ4v) is 2.27. The van der Waals surface area contributed by atoms with E-state index in [4.69, 9.17) is 11.0 Å². The minimum Gasteiger partial charge on any atom is -0.313 e. The van der Waals surface area contributed by atoms with E-state index in [0.29, 0.717) is 12.0 Å². The molecule has 1 fully saturated rings. The van der Waals surface area contributed by atoms with Gasteiger partial charge < -0.3 is 10.6 Å². The van der Waals surface area contributed by atoms with Crippen LogP contribution >= 0.6 is 0 Å². The van der Waals surface area contributed by atoms with Crippen LogP contribution in [0.3, 0.4) is 0 Å². The second-order valence-corrected chi connectivity index (χ2v) is 5.10. The van der Waals surface area contributed by atoms with Gasteiger partial charge in [0.1, 0.15) is 5.54 Å². The lowest BCUT2D eigenvalue weighted by Crippen LogP contribution is -2.43. The van der Waals surface area contributed by atoms with Crippen molar-refractivity contribution in [2.75, 3.05) is 13.6 Å². The molecule has 3 heteroatoms. The second-order valence-electron chi connectivity index (χ2n) is 5.10. The highest BCUT2D eigenvalue weighted by atomic mass is 15.1. The van der Waals surface area contributed by atoms with Crippen molar-refractivity contribution in [1.29, 1.82) is 5.26 Å². The predicted octanol–water partition coefficient (Wildman–Crippen LogP) is 1.74. The molecular weight excluding hydrogens is 186 g/mol. The number of nitriles is 1. The first kappa shape index (κ1) is 12.5. The van der Waals surface area contributed by atoms with E-state index in [-0.39, 0.29) is 0 Å². The van der Waals surface area contributed by atoms with Gasteiger partial charge in [-0.15, -0.1) is 0 Å². The number of nitrogens with two attached hydrogens (primary N) is 1. The van der Waals surface area contributed by atoms with Crippen LogP contribution in [0.25, 0.3) is 0 Å². The molecule has 1 saturated carbocycles. The van der Waals surface area contributed by atoms with Gasteiger partial charge in [0.2, 0.25) is 0 Å². The molecule has 0 aliphatic heterocycles. The summed E-state index contributed by atoms with van der Waals surface area (Å²) >= 11 is 0. The van der Waals surface area contributed by atoms with E-state index in [1.807, 2.05) is 0 Å².